The van der Waals surface area contributed by atoms with Crippen LogP contribution in [-0.4, -0.2) is 16.2 Å². The maximum absolute atomic E-state index is 5.13. The van der Waals surface area contributed by atoms with Gasteiger partial charge < -0.3 is 9.88 Å². The van der Waals surface area contributed by atoms with E-state index in [1.807, 2.05) is 47.7 Å². The van der Waals surface area contributed by atoms with Crippen LogP contribution in [0.1, 0.15) is 22.9 Å². The van der Waals surface area contributed by atoms with E-state index in [0.29, 0.717) is 0 Å². The van der Waals surface area contributed by atoms with Gasteiger partial charge in [-0.2, -0.15) is 0 Å². The van der Waals surface area contributed by atoms with Gasteiger partial charge in [0.2, 0.25) is 0 Å². The second-order valence-corrected chi connectivity index (χ2v) is 15.3. The second-order valence-electron chi connectivity index (χ2n) is 14.2. The molecule has 0 radical (unpaired) electrons. The van der Waals surface area contributed by atoms with E-state index in [1.165, 1.54) is 64.4 Å². The summed E-state index contributed by atoms with van der Waals surface area (Å²) in [5.41, 5.74) is 11.5. The Bertz CT molecular complexity index is 3120. The van der Waals surface area contributed by atoms with E-state index in [1.54, 1.807) is 0 Å². The van der Waals surface area contributed by atoms with Crippen LogP contribution in [0.15, 0.2) is 204 Å². The van der Waals surface area contributed by atoms with Gasteiger partial charge in [0.15, 0.2) is 5.84 Å². The molecule has 56 heavy (non-hydrogen) atoms. The number of nitrogens with zero attached hydrogens (tertiary/aromatic N) is 3. The number of amidine groups is 2. The lowest BCUT2D eigenvalue weighted by Crippen LogP contribution is -2.33. The fourth-order valence-electron chi connectivity index (χ4n) is 8.28. The van der Waals surface area contributed by atoms with Crippen molar-refractivity contribution in [2.45, 2.75) is 6.17 Å². The molecule has 1 aliphatic heterocycles. The lowest BCUT2D eigenvalue weighted by molar-refractivity contribution is 0.674. The van der Waals surface area contributed by atoms with E-state index < -0.39 is 0 Å². The van der Waals surface area contributed by atoms with Gasteiger partial charge in [-0.15, -0.1) is 11.3 Å². The highest BCUT2D eigenvalue weighted by atomic mass is 32.1. The number of benzene rings is 8. The van der Waals surface area contributed by atoms with Crippen molar-refractivity contribution in [3.8, 4) is 27.9 Å². The third-order valence-corrected chi connectivity index (χ3v) is 12.0. The molecule has 0 saturated heterocycles. The average Bonchev–Trinajstić information content (AvgIpc) is 3.82. The van der Waals surface area contributed by atoms with Crippen LogP contribution in [0.25, 0.3) is 69.9 Å². The number of aliphatic imine (C=N–C) groups is 2. The molecule has 0 fully saturated rings. The summed E-state index contributed by atoms with van der Waals surface area (Å²) >= 11 is 1.86. The number of rotatable bonds is 6. The van der Waals surface area contributed by atoms with Gasteiger partial charge in [0.05, 0.1) is 16.7 Å². The molecule has 2 aromatic heterocycles. The molecule has 11 rings (SSSR count). The Morgan fingerprint density at radius 3 is 1.88 bits per heavy atom. The predicted molar refractivity (Wildman–Crippen MR) is 236 cm³/mol. The number of fused-ring (bicyclic) bond motifs is 6. The molecule has 0 saturated carbocycles. The average molecular weight is 735 g/mol. The first-order valence-electron chi connectivity index (χ1n) is 18.9. The summed E-state index contributed by atoms with van der Waals surface area (Å²) in [5, 5.41) is 8.73. The van der Waals surface area contributed by atoms with Gasteiger partial charge in [0.1, 0.15) is 12.0 Å². The van der Waals surface area contributed by atoms with E-state index >= 15 is 0 Å². The van der Waals surface area contributed by atoms with E-state index in [9.17, 15) is 0 Å². The van der Waals surface area contributed by atoms with Crippen LogP contribution in [0.5, 0.6) is 0 Å². The van der Waals surface area contributed by atoms with E-state index in [4.69, 9.17) is 9.98 Å². The Kier molecular flexibility index (Phi) is 7.71. The first kappa shape index (κ1) is 32.4. The summed E-state index contributed by atoms with van der Waals surface area (Å²) in [6, 6.07) is 69.3. The molecule has 1 N–H and O–H groups in total. The zero-order chi connectivity index (χ0) is 37.0. The highest BCUT2D eigenvalue weighted by Gasteiger charge is 2.22. The summed E-state index contributed by atoms with van der Waals surface area (Å²) in [6.07, 6.45) is -0.289. The first-order chi connectivity index (χ1) is 27.8. The highest BCUT2D eigenvalue weighted by molar-refractivity contribution is 7.26. The molecule has 1 unspecified atom stereocenters. The van der Waals surface area contributed by atoms with Crippen LogP contribution in [0, 0.1) is 0 Å². The van der Waals surface area contributed by atoms with Crippen molar-refractivity contribution >= 4 is 65.0 Å². The molecular formula is C51H34N4S. The molecule has 1 atom stereocenters. The van der Waals surface area contributed by atoms with Crippen LogP contribution < -0.4 is 5.32 Å². The number of thiophene rings is 1. The third kappa shape index (κ3) is 5.44. The molecule has 5 heteroatoms. The number of hydrogen-bond acceptors (Lipinski definition) is 4. The minimum atomic E-state index is -0.289. The SMILES string of the molecule is c1ccc(C2=NC(c3cccc(-c4ccc5c(c4)sc4cccc(-c6ccccc6-n6c7ccccc7c7ccccc76)c45)c3)NC(c3ccccc3)=N2)cc1. The summed E-state index contributed by atoms with van der Waals surface area (Å²) in [5.74, 6) is 1.54. The maximum atomic E-state index is 5.13. The normalized spacial score (nSPS) is 14.2. The molecule has 4 nitrogen and oxygen atoms in total. The summed E-state index contributed by atoms with van der Waals surface area (Å²) < 4.78 is 4.98. The molecule has 3 heterocycles. The van der Waals surface area contributed by atoms with Crippen LogP contribution in [0.2, 0.25) is 0 Å². The summed E-state index contributed by atoms with van der Waals surface area (Å²) in [4.78, 5) is 10.1. The van der Waals surface area contributed by atoms with Crippen LogP contribution in [0.3, 0.4) is 0 Å². The Morgan fingerprint density at radius 2 is 1.09 bits per heavy atom. The smallest absolute Gasteiger partial charge is 0.159 e. The monoisotopic (exact) mass is 734 g/mol. The van der Waals surface area contributed by atoms with Gasteiger partial charge in [0.25, 0.3) is 0 Å². The lowest BCUT2D eigenvalue weighted by Gasteiger charge is -2.24. The standard InChI is InChI=1S/C51H34N4S/c1-3-15-33(16-4-1)49-52-50(34-17-5-2-6-18-34)54-51(53-49)37-20-13-19-35(31-37)36-29-30-42-47(32-36)56-46-28-14-24-41(48(42)46)40-23-9-12-27-45(40)55-43-25-10-7-21-38(43)39-22-8-11-26-44(39)55/h1-32,51H,(H,52,53,54). The van der Waals surface area contributed by atoms with Crippen molar-refractivity contribution in [3.63, 3.8) is 0 Å². The topological polar surface area (TPSA) is 41.7 Å². The zero-order valence-electron chi connectivity index (χ0n) is 30.3. The van der Waals surface area contributed by atoms with Crippen molar-refractivity contribution in [1.82, 2.24) is 9.88 Å². The molecule has 10 aromatic rings. The molecule has 0 amide bonds. The van der Waals surface area contributed by atoms with Gasteiger partial charge in [-0.25, -0.2) is 9.98 Å². The van der Waals surface area contributed by atoms with Crippen molar-refractivity contribution in [2.75, 3.05) is 0 Å². The maximum Gasteiger partial charge on any atom is 0.159 e. The van der Waals surface area contributed by atoms with Gasteiger partial charge >= 0.3 is 0 Å². The van der Waals surface area contributed by atoms with Crippen molar-refractivity contribution in [1.29, 1.82) is 0 Å². The zero-order valence-corrected chi connectivity index (χ0v) is 31.1. The predicted octanol–water partition coefficient (Wildman–Crippen LogP) is 13.0. The Balaban J connectivity index is 1.000. The highest BCUT2D eigenvalue weighted by Crippen LogP contribution is 2.44. The molecule has 264 valence electrons. The largest absolute Gasteiger partial charge is 0.344 e. The van der Waals surface area contributed by atoms with Gasteiger partial charge in [0, 0.05) is 47.6 Å². The molecule has 0 spiro atoms. The fraction of sp³-hybridized carbons (Fsp3) is 0.0196. The summed E-state index contributed by atoms with van der Waals surface area (Å²) in [7, 11) is 0. The molecule has 1 aliphatic rings. The Labute approximate surface area is 328 Å². The fourth-order valence-corrected chi connectivity index (χ4v) is 9.45. The number of hydrogen-bond donors (Lipinski definition) is 1. The number of para-hydroxylation sites is 3. The van der Waals surface area contributed by atoms with E-state index in [0.717, 1.165) is 33.9 Å². The minimum Gasteiger partial charge on any atom is -0.344 e. The van der Waals surface area contributed by atoms with Crippen molar-refractivity contribution in [3.05, 3.63) is 211 Å². The lowest BCUT2D eigenvalue weighted by atomic mass is 9.96. The number of aromatic nitrogens is 1. The molecule has 8 aromatic carbocycles. The van der Waals surface area contributed by atoms with E-state index in [2.05, 4.69) is 168 Å². The van der Waals surface area contributed by atoms with Gasteiger partial charge in [-0.05, 0) is 58.7 Å². The van der Waals surface area contributed by atoms with Gasteiger partial charge in [-0.1, -0.05) is 158 Å². The molecule has 0 bridgehead atoms. The number of nitrogens with one attached hydrogen (secondary N) is 1. The van der Waals surface area contributed by atoms with Crippen LogP contribution >= 0.6 is 11.3 Å². The van der Waals surface area contributed by atoms with E-state index in [-0.39, 0.29) is 6.17 Å². The molecular weight excluding hydrogens is 701 g/mol. The summed E-state index contributed by atoms with van der Waals surface area (Å²) in [6.45, 7) is 0. The third-order valence-electron chi connectivity index (χ3n) is 10.9. The van der Waals surface area contributed by atoms with Crippen LogP contribution in [-0.2, 0) is 0 Å². The van der Waals surface area contributed by atoms with Crippen LogP contribution in [0.4, 0.5) is 0 Å². The Hall–Kier alpha value is -7.08. The minimum absolute atomic E-state index is 0.289. The molecule has 0 aliphatic carbocycles. The second kappa shape index (κ2) is 13.3. The Morgan fingerprint density at radius 1 is 0.464 bits per heavy atom. The van der Waals surface area contributed by atoms with Crippen molar-refractivity contribution < 1.29 is 0 Å². The quantitative estimate of drug-likeness (QED) is 0.182. The van der Waals surface area contributed by atoms with Crippen molar-refractivity contribution in [2.24, 2.45) is 9.98 Å². The van der Waals surface area contributed by atoms with Gasteiger partial charge in [-0.3, -0.25) is 0 Å². The first-order valence-corrected chi connectivity index (χ1v) is 19.8.